The van der Waals surface area contributed by atoms with Gasteiger partial charge < -0.3 is 10.4 Å². The maximum Gasteiger partial charge on any atom is 0.230 e. The quantitative estimate of drug-likeness (QED) is 0.894. The van der Waals surface area contributed by atoms with Gasteiger partial charge in [0.15, 0.2) is 0 Å². The lowest BCUT2D eigenvalue weighted by molar-refractivity contribution is -0.126. The Morgan fingerprint density at radius 3 is 2.58 bits per heavy atom. The number of hydrogen-bond donors (Lipinski definition) is 2. The zero-order valence-corrected chi connectivity index (χ0v) is 12.4. The van der Waals surface area contributed by atoms with Crippen LogP contribution in [-0.4, -0.2) is 23.2 Å². The summed E-state index contributed by atoms with van der Waals surface area (Å²) in [5, 5.41) is 13.0. The molecule has 0 heterocycles. The first kappa shape index (κ1) is 13.1. The molecule has 0 radical (unpaired) electrons. The number of aliphatic hydroxyl groups is 1. The molecule has 0 atom stereocenters. The van der Waals surface area contributed by atoms with E-state index in [-0.39, 0.29) is 11.3 Å². The lowest BCUT2D eigenvalue weighted by Gasteiger charge is -2.37. The average Bonchev–Trinajstić information content (AvgIpc) is 3.15. The van der Waals surface area contributed by atoms with E-state index in [9.17, 15) is 9.90 Å². The summed E-state index contributed by atoms with van der Waals surface area (Å²) in [6, 6.07) is 7.96. The van der Waals surface area contributed by atoms with Crippen molar-refractivity contribution in [3.8, 4) is 0 Å². The molecule has 2 fully saturated rings. The molecule has 1 amide bonds. The largest absolute Gasteiger partial charge is 0.388 e. The maximum atomic E-state index is 12.4. The third-order valence-corrected chi connectivity index (χ3v) is 4.92. The highest BCUT2D eigenvalue weighted by atomic mass is 79.9. The second kappa shape index (κ2) is 4.60. The van der Waals surface area contributed by atoms with E-state index >= 15 is 0 Å². The normalized spacial score (nSPS) is 22.4. The minimum absolute atomic E-state index is 0.0610. The lowest BCUT2D eigenvalue weighted by Crippen LogP contribution is -2.49. The van der Waals surface area contributed by atoms with Crippen LogP contribution in [0.25, 0.3) is 0 Å². The van der Waals surface area contributed by atoms with Gasteiger partial charge in [-0.05, 0) is 49.8 Å². The van der Waals surface area contributed by atoms with E-state index in [4.69, 9.17) is 0 Å². The van der Waals surface area contributed by atoms with Crippen LogP contribution in [-0.2, 0) is 10.2 Å². The Balaban J connectivity index is 1.69. The molecule has 19 heavy (non-hydrogen) atoms. The predicted octanol–water partition coefficient (Wildman–Crippen LogP) is 2.51. The van der Waals surface area contributed by atoms with Crippen LogP contribution in [0.1, 0.15) is 37.7 Å². The van der Waals surface area contributed by atoms with Crippen molar-refractivity contribution in [2.45, 2.75) is 43.1 Å². The van der Waals surface area contributed by atoms with Crippen LogP contribution in [0.4, 0.5) is 0 Å². The molecule has 1 aromatic carbocycles. The van der Waals surface area contributed by atoms with Gasteiger partial charge in [0, 0.05) is 11.0 Å². The van der Waals surface area contributed by atoms with E-state index in [1.165, 1.54) is 0 Å². The summed E-state index contributed by atoms with van der Waals surface area (Å²) in [4.78, 5) is 12.4. The number of rotatable bonds is 4. The van der Waals surface area contributed by atoms with Crippen LogP contribution >= 0.6 is 15.9 Å². The van der Waals surface area contributed by atoms with Crippen molar-refractivity contribution in [2.75, 3.05) is 6.54 Å². The minimum atomic E-state index is -0.650. The predicted molar refractivity (Wildman–Crippen MR) is 76.9 cm³/mol. The topological polar surface area (TPSA) is 49.3 Å². The first-order chi connectivity index (χ1) is 9.04. The SMILES string of the molecule is O=C(NCC1(O)CCC1)C1(c2cccc(Br)c2)CC1. The smallest absolute Gasteiger partial charge is 0.230 e. The Morgan fingerprint density at radius 2 is 2.05 bits per heavy atom. The summed E-state index contributed by atoms with van der Waals surface area (Å²) in [7, 11) is 0. The molecule has 1 aromatic rings. The van der Waals surface area contributed by atoms with Gasteiger partial charge in [0.05, 0.1) is 11.0 Å². The zero-order valence-electron chi connectivity index (χ0n) is 10.8. The molecule has 2 aliphatic carbocycles. The Labute approximate surface area is 121 Å². The van der Waals surface area contributed by atoms with Gasteiger partial charge in [0.25, 0.3) is 0 Å². The van der Waals surface area contributed by atoms with Crippen LogP contribution in [0.15, 0.2) is 28.7 Å². The fourth-order valence-electron chi connectivity index (χ4n) is 2.73. The molecule has 0 aromatic heterocycles. The van der Waals surface area contributed by atoms with Crippen molar-refractivity contribution in [3.05, 3.63) is 34.3 Å². The van der Waals surface area contributed by atoms with Gasteiger partial charge in [-0.3, -0.25) is 4.79 Å². The monoisotopic (exact) mass is 323 g/mol. The highest BCUT2D eigenvalue weighted by molar-refractivity contribution is 9.10. The third kappa shape index (κ3) is 2.43. The van der Waals surface area contributed by atoms with Crippen LogP contribution in [0.2, 0.25) is 0 Å². The highest BCUT2D eigenvalue weighted by Gasteiger charge is 2.51. The number of hydrogen-bond acceptors (Lipinski definition) is 2. The molecular weight excluding hydrogens is 306 g/mol. The molecule has 0 unspecified atom stereocenters. The van der Waals surface area contributed by atoms with Gasteiger partial charge in [0.2, 0.25) is 5.91 Å². The molecule has 3 rings (SSSR count). The second-order valence-electron chi connectivity index (χ2n) is 5.85. The number of benzene rings is 1. The van der Waals surface area contributed by atoms with Crippen LogP contribution in [0, 0.1) is 0 Å². The first-order valence-electron chi connectivity index (χ1n) is 6.81. The van der Waals surface area contributed by atoms with E-state index in [1.54, 1.807) is 0 Å². The summed E-state index contributed by atoms with van der Waals surface area (Å²) in [5.74, 6) is 0.0610. The van der Waals surface area contributed by atoms with Gasteiger partial charge in [0.1, 0.15) is 0 Å². The van der Waals surface area contributed by atoms with E-state index in [1.807, 2.05) is 24.3 Å². The number of nitrogens with one attached hydrogen (secondary N) is 1. The summed E-state index contributed by atoms with van der Waals surface area (Å²) in [5.41, 5.74) is 0.0624. The Kier molecular flexibility index (Phi) is 3.18. The second-order valence-corrected chi connectivity index (χ2v) is 6.77. The molecule has 2 saturated carbocycles. The third-order valence-electron chi connectivity index (χ3n) is 4.42. The van der Waals surface area contributed by atoms with Gasteiger partial charge in [-0.25, -0.2) is 0 Å². The first-order valence-corrected chi connectivity index (χ1v) is 7.60. The molecule has 102 valence electrons. The van der Waals surface area contributed by atoms with E-state index in [0.717, 1.165) is 42.1 Å². The molecule has 0 saturated heterocycles. The number of carbonyl (C=O) groups is 1. The van der Waals surface area contributed by atoms with Gasteiger partial charge in [-0.2, -0.15) is 0 Å². The molecule has 2 N–H and O–H groups in total. The fraction of sp³-hybridized carbons (Fsp3) is 0.533. The molecule has 0 bridgehead atoms. The molecule has 3 nitrogen and oxygen atoms in total. The molecule has 2 aliphatic rings. The average molecular weight is 324 g/mol. The highest BCUT2D eigenvalue weighted by Crippen LogP contribution is 2.49. The van der Waals surface area contributed by atoms with Gasteiger partial charge >= 0.3 is 0 Å². The van der Waals surface area contributed by atoms with E-state index in [0.29, 0.717) is 6.54 Å². The zero-order chi connectivity index (χ0) is 13.5. The van der Waals surface area contributed by atoms with Crippen LogP contribution in [0.5, 0.6) is 0 Å². The van der Waals surface area contributed by atoms with Crippen molar-refractivity contribution in [2.24, 2.45) is 0 Å². The summed E-state index contributed by atoms with van der Waals surface area (Å²) >= 11 is 3.45. The summed E-state index contributed by atoms with van der Waals surface area (Å²) in [6.07, 6.45) is 4.46. The van der Waals surface area contributed by atoms with Crippen molar-refractivity contribution >= 4 is 21.8 Å². The van der Waals surface area contributed by atoms with Crippen molar-refractivity contribution < 1.29 is 9.90 Å². The summed E-state index contributed by atoms with van der Waals surface area (Å²) in [6.45, 7) is 0.390. The standard InChI is InChI=1S/C15H18BrNO2/c16-12-4-1-3-11(9-12)15(7-8-15)13(18)17-10-14(19)5-2-6-14/h1,3-4,9,19H,2,5-8,10H2,(H,17,18). The summed E-state index contributed by atoms with van der Waals surface area (Å²) < 4.78 is 1.00. The van der Waals surface area contributed by atoms with Crippen LogP contribution < -0.4 is 5.32 Å². The number of carbonyl (C=O) groups excluding carboxylic acids is 1. The lowest BCUT2D eigenvalue weighted by atomic mass is 9.80. The van der Waals surface area contributed by atoms with Crippen molar-refractivity contribution in [1.82, 2.24) is 5.32 Å². The molecule has 4 heteroatoms. The minimum Gasteiger partial charge on any atom is -0.388 e. The maximum absolute atomic E-state index is 12.4. The Bertz CT molecular complexity index is 507. The molecular formula is C15H18BrNO2. The fourth-order valence-corrected chi connectivity index (χ4v) is 3.13. The Morgan fingerprint density at radius 1 is 1.32 bits per heavy atom. The molecule has 0 spiro atoms. The number of halogens is 1. The van der Waals surface area contributed by atoms with E-state index < -0.39 is 5.60 Å². The number of amides is 1. The van der Waals surface area contributed by atoms with E-state index in [2.05, 4.69) is 21.2 Å². The van der Waals surface area contributed by atoms with Crippen molar-refractivity contribution in [3.63, 3.8) is 0 Å². The van der Waals surface area contributed by atoms with Gasteiger partial charge in [-0.1, -0.05) is 28.1 Å². The molecule has 0 aliphatic heterocycles. The van der Waals surface area contributed by atoms with Gasteiger partial charge in [-0.15, -0.1) is 0 Å². The van der Waals surface area contributed by atoms with Crippen molar-refractivity contribution in [1.29, 1.82) is 0 Å². The van der Waals surface area contributed by atoms with Crippen LogP contribution in [0.3, 0.4) is 0 Å². The Hall–Kier alpha value is -0.870.